The summed E-state index contributed by atoms with van der Waals surface area (Å²) in [6.07, 6.45) is 5.12. The first-order chi connectivity index (χ1) is 18.0. The van der Waals surface area contributed by atoms with Gasteiger partial charge in [0.15, 0.2) is 5.78 Å². The number of morpholine rings is 1. The van der Waals surface area contributed by atoms with Crippen LogP contribution in [0.3, 0.4) is 0 Å². The maximum absolute atomic E-state index is 13.2. The first-order valence-corrected chi connectivity index (χ1v) is 13.1. The molecule has 0 bridgehead atoms. The molecule has 2 aliphatic heterocycles. The third kappa shape index (κ3) is 5.07. The van der Waals surface area contributed by atoms with Crippen molar-refractivity contribution in [1.29, 1.82) is 0 Å². The second kappa shape index (κ2) is 10.2. The van der Waals surface area contributed by atoms with Gasteiger partial charge in [-0.2, -0.15) is 5.10 Å². The number of aryl methyl sites for hydroxylation is 1. The van der Waals surface area contributed by atoms with Crippen LogP contribution in [0.15, 0.2) is 54.9 Å². The zero-order valence-corrected chi connectivity index (χ0v) is 21.6. The van der Waals surface area contributed by atoms with Gasteiger partial charge in [0.1, 0.15) is 0 Å². The zero-order valence-electron chi connectivity index (χ0n) is 21.6. The number of benzene rings is 2. The number of ketones is 1. The number of hydrogen-bond acceptors (Lipinski definition) is 6. The summed E-state index contributed by atoms with van der Waals surface area (Å²) in [5.41, 5.74) is 7.67. The smallest absolute Gasteiger partial charge is 0.168 e. The van der Waals surface area contributed by atoms with E-state index in [1.807, 2.05) is 30.2 Å². The number of Topliss-reactive ketones (excluding diaryl/α,β-unsaturated/α-hetero) is 1. The molecule has 7 nitrogen and oxygen atoms in total. The van der Waals surface area contributed by atoms with E-state index in [9.17, 15) is 4.79 Å². The van der Waals surface area contributed by atoms with Crippen molar-refractivity contribution < 1.29 is 9.53 Å². The minimum atomic E-state index is 0.116. The normalized spacial score (nSPS) is 16.7. The highest BCUT2D eigenvalue weighted by Gasteiger charge is 2.18. The SMILES string of the molecule is CN1CCc2cc(C(=O)Cc3cc4cc(-c5cnn(C)c5CN5CCOCC5)ccc4cn3)ccc2C1. The highest BCUT2D eigenvalue weighted by Crippen LogP contribution is 2.28. The summed E-state index contributed by atoms with van der Waals surface area (Å²) in [5, 5.41) is 6.72. The number of fused-ring (bicyclic) bond motifs is 2. The molecule has 0 radical (unpaired) electrons. The van der Waals surface area contributed by atoms with Crippen LogP contribution in [0.1, 0.15) is 32.9 Å². The average molecular weight is 496 g/mol. The number of rotatable bonds is 6. The molecule has 0 N–H and O–H groups in total. The second-order valence-corrected chi connectivity index (χ2v) is 10.3. The summed E-state index contributed by atoms with van der Waals surface area (Å²) in [4.78, 5) is 22.5. The van der Waals surface area contributed by atoms with E-state index in [1.54, 1.807) is 0 Å². The number of ether oxygens (including phenoxy) is 1. The number of carbonyl (C=O) groups is 1. The fourth-order valence-electron chi connectivity index (χ4n) is 5.45. The molecule has 0 spiro atoms. The Morgan fingerprint density at radius 2 is 1.81 bits per heavy atom. The Hall–Kier alpha value is -3.39. The fraction of sp³-hybridized carbons (Fsp3) is 0.367. The molecule has 2 aromatic heterocycles. The van der Waals surface area contributed by atoms with E-state index in [-0.39, 0.29) is 5.78 Å². The topological polar surface area (TPSA) is 63.5 Å². The van der Waals surface area contributed by atoms with Gasteiger partial charge < -0.3 is 9.64 Å². The Morgan fingerprint density at radius 3 is 2.68 bits per heavy atom. The molecular weight excluding hydrogens is 462 g/mol. The van der Waals surface area contributed by atoms with E-state index in [0.29, 0.717) is 6.42 Å². The molecule has 1 fully saturated rings. The van der Waals surface area contributed by atoms with Gasteiger partial charge >= 0.3 is 0 Å². The summed E-state index contributed by atoms with van der Waals surface area (Å²) >= 11 is 0. The van der Waals surface area contributed by atoms with Gasteiger partial charge in [0.2, 0.25) is 0 Å². The predicted molar refractivity (Wildman–Crippen MR) is 145 cm³/mol. The summed E-state index contributed by atoms with van der Waals surface area (Å²) in [6.45, 7) is 6.26. The minimum Gasteiger partial charge on any atom is -0.379 e. The Balaban J connectivity index is 1.24. The van der Waals surface area contributed by atoms with Crippen LogP contribution in [-0.4, -0.2) is 70.2 Å². The van der Waals surface area contributed by atoms with Gasteiger partial charge in [0, 0.05) is 68.2 Å². The first kappa shape index (κ1) is 24.0. The Kier molecular flexibility index (Phi) is 6.59. The lowest BCUT2D eigenvalue weighted by Gasteiger charge is -2.27. The molecule has 0 atom stereocenters. The van der Waals surface area contributed by atoms with E-state index in [0.717, 1.165) is 85.5 Å². The van der Waals surface area contributed by atoms with E-state index in [4.69, 9.17) is 4.74 Å². The van der Waals surface area contributed by atoms with Crippen LogP contribution >= 0.6 is 0 Å². The van der Waals surface area contributed by atoms with Crippen LogP contribution in [0.4, 0.5) is 0 Å². The highest BCUT2D eigenvalue weighted by molar-refractivity contribution is 5.98. The number of likely N-dealkylation sites (N-methyl/N-ethyl adjacent to an activating group) is 1. The van der Waals surface area contributed by atoms with Gasteiger partial charge in [-0.25, -0.2) is 0 Å². The van der Waals surface area contributed by atoms with Crippen molar-refractivity contribution >= 4 is 16.6 Å². The van der Waals surface area contributed by atoms with E-state index in [1.165, 1.54) is 16.8 Å². The van der Waals surface area contributed by atoms with Gasteiger partial charge in [-0.05, 0) is 53.7 Å². The zero-order chi connectivity index (χ0) is 25.4. The molecule has 7 heteroatoms. The molecule has 1 saturated heterocycles. The maximum atomic E-state index is 13.2. The monoisotopic (exact) mass is 495 g/mol. The van der Waals surface area contributed by atoms with Crippen LogP contribution in [-0.2, 0) is 37.7 Å². The van der Waals surface area contributed by atoms with Crippen molar-refractivity contribution in [1.82, 2.24) is 24.6 Å². The average Bonchev–Trinajstić information content (AvgIpc) is 3.28. The molecular formula is C30H33N5O2. The molecule has 0 unspecified atom stereocenters. The third-order valence-electron chi connectivity index (χ3n) is 7.70. The molecule has 2 aliphatic rings. The van der Waals surface area contributed by atoms with Crippen LogP contribution in [0.2, 0.25) is 0 Å². The third-order valence-corrected chi connectivity index (χ3v) is 7.70. The second-order valence-electron chi connectivity index (χ2n) is 10.3. The summed E-state index contributed by atoms with van der Waals surface area (Å²) in [6, 6.07) is 14.7. The van der Waals surface area contributed by atoms with Gasteiger partial charge in [0.05, 0.1) is 31.5 Å². The van der Waals surface area contributed by atoms with Gasteiger partial charge in [-0.1, -0.05) is 24.3 Å². The molecule has 190 valence electrons. The predicted octanol–water partition coefficient (Wildman–Crippen LogP) is 3.88. The van der Waals surface area contributed by atoms with E-state index >= 15 is 0 Å². The van der Waals surface area contributed by atoms with Crippen LogP contribution in [0.5, 0.6) is 0 Å². The Bertz CT molecular complexity index is 1450. The summed E-state index contributed by atoms with van der Waals surface area (Å²) in [7, 11) is 4.14. The van der Waals surface area contributed by atoms with Crippen LogP contribution in [0.25, 0.3) is 21.9 Å². The van der Waals surface area contributed by atoms with Crippen molar-refractivity contribution in [2.75, 3.05) is 39.9 Å². The molecule has 2 aromatic carbocycles. The molecule has 0 amide bonds. The summed E-state index contributed by atoms with van der Waals surface area (Å²) < 4.78 is 7.49. The fourth-order valence-corrected chi connectivity index (χ4v) is 5.45. The Morgan fingerprint density at radius 1 is 0.946 bits per heavy atom. The summed E-state index contributed by atoms with van der Waals surface area (Å²) in [5.74, 6) is 0.116. The minimum absolute atomic E-state index is 0.116. The van der Waals surface area contributed by atoms with Crippen molar-refractivity contribution in [3.05, 3.63) is 82.9 Å². The lowest BCUT2D eigenvalue weighted by Crippen LogP contribution is -2.36. The molecule has 0 aliphatic carbocycles. The molecule has 6 rings (SSSR count). The van der Waals surface area contributed by atoms with Gasteiger partial charge in [0.25, 0.3) is 0 Å². The number of aromatic nitrogens is 3. The van der Waals surface area contributed by atoms with E-state index in [2.05, 4.69) is 63.3 Å². The number of nitrogens with zero attached hydrogens (tertiary/aromatic N) is 5. The maximum Gasteiger partial charge on any atom is 0.168 e. The Labute approximate surface area is 217 Å². The van der Waals surface area contributed by atoms with Gasteiger partial charge in [-0.15, -0.1) is 0 Å². The number of hydrogen-bond donors (Lipinski definition) is 0. The van der Waals surface area contributed by atoms with E-state index < -0.39 is 0 Å². The van der Waals surface area contributed by atoms with Crippen LogP contribution < -0.4 is 0 Å². The molecule has 4 heterocycles. The molecule has 37 heavy (non-hydrogen) atoms. The van der Waals surface area contributed by atoms with Crippen molar-refractivity contribution in [2.45, 2.75) is 25.9 Å². The molecule has 0 saturated carbocycles. The van der Waals surface area contributed by atoms with Crippen LogP contribution in [0, 0.1) is 0 Å². The lowest BCUT2D eigenvalue weighted by atomic mass is 9.95. The highest BCUT2D eigenvalue weighted by atomic mass is 16.5. The molecule has 4 aromatic rings. The lowest BCUT2D eigenvalue weighted by molar-refractivity contribution is 0.0332. The number of carbonyl (C=O) groups excluding carboxylic acids is 1. The van der Waals surface area contributed by atoms with Crippen molar-refractivity contribution in [2.24, 2.45) is 7.05 Å². The van der Waals surface area contributed by atoms with Gasteiger partial charge in [-0.3, -0.25) is 19.4 Å². The number of pyridine rings is 1. The standard InChI is InChI=1S/C30H33N5O2/c1-33-8-7-21-13-23(4-6-25(21)19-33)30(36)16-27-15-26-14-22(3-5-24(26)17-31-27)28-18-32-34(2)29(28)20-35-9-11-37-12-10-35/h3-6,13-15,17-18H,7-12,16,19-20H2,1-2H3. The van der Waals surface area contributed by atoms with Crippen molar-refractivity contribution in [3.8, 4) is 11.1 Å². The van der Waals surface area contributed by atoms with Crippen molar-refractivity contribution in [3.63, 3.8) is 0 Å². The quantitative estimate of drug-likeness (QED) is 0.379. The first-order valence-electron chi connectivity index (χ1n) is 13.1. The largest absolute Gasteiger partial charge is 0.379 e.